The zero-order chi connectivity index (χ0) is 10.1. The lowest BCUT2D eigenvalue weighted by Gasteiger charge is -2.00. The third-order valence-electron chi connectivity index (χ3n) is 2.30. The van der Waals surface area contributed by atoms with Crippen molar-refractivity contribution in [2.45, 2.75) is 12.3 Å². The Morgan fingerprint density at radius 1 is 1.43 bits per heavy atom. The molecule has 0 radical (unpaired) electrons. The lowest BCUT2D eigenvalue weighted by atomic mass is 10.1. The normalized spacial score (nSPS) is 10.8. The summed E-state index contributed by atoms with van der Waals surface area (Å²) >= 11 is 5.22. The molecule has 0 fully saturated rings. The first kappa shape index (κ1) is 9.99. The van der Waals surface area contributed by atoms with Crippen molar-refractivity contribution >= 4 is 37.4 Å². The number of halogens is 1. The number of benzene rings is 1. The van der Waals surface area contributed by atoms with Crippen molar-refractivity contribution in [2.75, 3.05) is 7.11 Å². The van der Waals surface area contributed by atoms with Crippen molar-refractivity contribution in [3.05, 3.63) is 29.3 Å². The maximum atomic E-state index is 5.36. The van der Waals surface area contributed by atoms with Gasteiger partial charge in [0.05, 0.1) is 7.11 Å². The summed E-state index contributed by atoms with van der Waals surface area (Å²) < 4.78 is 6.67. The van der Waals surface area contributed by atoms with E-state index in [1.165, 1.54) is 21.2 Å². The fourth-order valence-electron chi connectivity index (χ4n) is 1.66. The van der Waals surface area contributed by atoms with Gasteiger partial charge in [-0.2, -0.15) is 0 Å². The molecule has 1 nitrogen and oxygen atoms in total. The molecule has 2 rings (SSSR count). The molecule has 0 spiro atoms. The fourth-order valence-corrected chi connectivity index (χ4v) is 3.50. The topological polar surface area (TPSA) is 9.23 Å². The molecule has 0 atom stereocenters. The van der Waals surface area contributed by atoms with E-state index in [0.29, 0.717) is 0 Å². The van der Waals surface area contributed by atoms with Gasteiger partial charge in [0.25, 0.3) is 0 Å². The van der Waals surface area contributed by atoms with E-state index in [1.54, 1.807) is 18.4 Å². The van der Waals surface area contributed by atoms with Gasteiger partial charge in [-0.15, -0.1) is 0 Å². The van der Waals surface area contributed by atoms with Crippen molar-refractivity contribution in [2.24, 2.45) is 0 Å². The van der Waals surface area contributed by atoms with E-state index in [2.05, 4.69) is 41.1 Å². The summed E-state index contributed by atoms with van der Waals surface area (Å²) in [5.74, 6) is 0. The van der Waals surface area contributed by atoms with Crippen molar-refractivity contribution in [1.82, 2.24) is 0 Å². The van der Waals surface area contributed by atoms with Crippen molar-refractivity contribution in [1.29, 1.82) is 0 Å². The van der Waals surface area contributed by atoms with Crippen LogP contribution in [-0.4, -0.2) is 7.11 Å². The third kappa shape index (κ3) is 1.44. The number of alkyl halides is 1. The average molecular weight is 271 g/mol. The van der Waals surface area contributed by atoms with Crippen molar-refractivity contribution in [3.8, 4) is 5.06 Å². The number of hydrogen-bond acceptors (Lipinski definition) is 2. The van der Waals surface area contributed by atoms with Gasteiger partial charge in [-0.25, -0.2) is 0 Å². The quantitative estimate of drug-likeness (QED) is 0.747. The highest BCUT2D eigenvalue weighted by atomic mass is 79.9. The van der Waals surface area contributed by atoms with Crippen LogP contribution in [-0.2, 0) is 5.33 Å². The predicted molar refractivity (Wildman–Crippen MR) is 65.7 cm³/mol. The van der Waals surface area contributed by atoms with Gasteiger partial charge in [0.2, 0.25) is 0 Å². The molecule has 0 aliphatic heterocycles. The molecule has 0 amide bonds. The molecule has 3 heteroatoms. The second-order valence-corrected chi connectivity index (χ2v) is 4.73. The van der Waals surface area contributed by atoms with Crippen LogP contribution < -0.4 is 4.74 Å². The zero-order valence-corrected chi connectivity index (χ0v) is 10.5. The van der Waals surface area contributed by atoms with E-state index in [0.717, 1.165) is 10.4 Å². The Bertz CT molecular complexity index is 462. The number of thiophene rings is 1. The van der Waals surface area contributed by atoms with Crippen LogP contribution in [0.4, 0.5) is 0 Å². The van der Waals surface area contributed by atoms with Crippen LogP contribution in [0.2, 0.25) is 0 Å². The molecule has 0 aliphatic rings. The van der Waals surface area contributed by atoms with E-state index in [-0.39, 0.29) is 0 Å². The Labute approximate surface area is 95.8 Å². The number of aryl methyl sites for hydroxylation is 1. The minimum Gasteiger partial charge on any atom is -0.487 e. The first-order chi connectivity index (χ1) is 6.77. The number of rotatable bonds is 2. The molecular formula is C11H11BrOS. The molecule has 0 bridgehead atoms. The zero-order valence-electron chi connectivity index (χ0n) is 8.13. The van der Waals surface area contributed by atoms with Gasteiger partial charge in [-0.3, -0.25) is 0 Å². The van der Waals surface area contributed by atoms with Gasteiger partial charge < -0.3 is 4.74 Å². The fraction of sp³-hybridized carbons (Fsp3) is 0.273. The summed E-state index contributed by atoms with van der Waals surface area (Å²) in [5.41, 5.74) is 2.59. The Morgan fingerprint density at radius 2 is 2.21 bits per heavy atom. The highest BCUT2D eigenvalue weighted by Gasteiger charge is 2.12. The monoisotopic (exact) mass is 270 g/mol. The van der Waals surface area contributed by atoms with E-state index in [1.807, 2.05) is 0 Å². The Hall–Kier alpha value is -0.540. The number of ether oxygens (including phenoxy) is 1. The third-order valence-corrected chi connectivity index (χ3v) is 4.02. The number of methoxy groups -OCH3 is 1. The van der Waals surface area contributed by atoms with Crippen LogP contribution in [0, 0.1) is 6.92 Å². The summed E-state index contributed by atoms with van der Waals surface area (Å²) in [6.07, 6.45) is 0. The summed E-state index contributed by atoms with van der Waals surface area (Å²) in [7, 11) is 1.73. The van der Waals surface area contributed by atoms with Crippen LogP contribution >= 0.6 is 27.3 Å². The molecule has 14 heavy (non-hydrogen) atoms. The molecule has 0 saturated carbocycles. The summed E-state index contributed by atoms with van der Waals surface area (Å²) in [5, 5.41) is 3.21. The van der Waals surface area contributed by atoms with Crippen LogP contribution in [0.25, 0.3) is 10.1 Å². The molecule has 1 heterocycles. The molecule has 0 aliphatic carbocycles. The number of hydrogen-bond donors (Lipinski definition) is 0. The first-order valence-corrected chi connectivity index (χ1v) is 6.32. The summed E-state index contributed by atoms with van der Waals surface area (Å²) in [6, 6.07) is 6.37. The van der Waals surface area contributed by atoms with E-state index < -0.39 is 0 Å². The molecule has 0 unspecified atom stereocenters. The number of fused-ring (bicyclic) bond motifs is 1. The van der Waals surface area contributed by atoms with E-state index in [4.69, 9.17) is 4.74 Å². The van der Waals surface area contributed by atoms with Crippen molar-refractivity contribution in [3.63, 3.8) is 0 Å². The second-order valence-electron chi connectivity index (χ2n) is 3.15. The Morgan fingerprint density at radius 3 is 2.86 bits per heavy atom. The second kappa shape index (κ2) is 3.91. The predicted octanol–water partition coefficient (Wildman–Crippen LogP) is 4.11. The van der Waals surface area contributed by atoms with Gasteiger partial charge >= 0.3 is 0 Å². The van der Waals surface area contributed by atoms with Gasteiger partial charge in [0.15, 0.2) is 5.06 Å². The van der Waals surface area contributed by atoms with Gasteiger partial charge in [-0.1, -0.05) is 39.4 Å². The highest BCUT2D eigenvalue weighted by molar-refractivity contribution is 9.08. The molecule has 1 aromatic heterocycles. The maximum Gasteiger partial charge on any atom is 0.178 e. The first-order valence-electron chi connectivity index (χ1n) is 4.39. The standard InChI is InChI=1S/C11H11BrOS/c1-7-4-3-5-9-10(7)8(6-12)11(13-2)14-9/h3-5H,6H2,1-2H3. The Kier molecular flexibility index (Phi) is 2.79. The van der Waals surface area contributed by atoms with E-state index >= 15 is 0 Å². The summed E-state index contributed by atoms with van der Waals surface area (Å²) in [4.78, 5) is 0. The molecule has 74 valence electrons. The van der Waals surface area contributed by atoms with E-state index in [9.17, 15) is 0 Å². The summed E-state index contributed by atoms with van der Waals surface area (Å²) in [6.45, 7) is 2.14. The lowest BCUT2D eigenvalue weighted by Crippen LogP contribution is -1.84. The Balaban J connectivity index is 2.81. The van der Waals surface area contributed by atoms with Crippen LogP contribution in [0.5, 0.6) is 5.06 Å². The molecule has 2 aromatic rings. The van der Waals surface area contributed by atoms with Crippen molar-refractivity contribution < 1.29 is 4.74 Å². The SMILES string of the molecule is COc1sc2cccc(C)c2c1CBr. The van der Waals surface area contributed by atoms with Gasteiger partial charge in [0.1, 0.15) is 0 Å². The largest absolute Gasteiger partial charge is 0.487 e. The molecular weight excluding hydrogens is 260 g/mol. The lowest BCUT2D eigenvalue weighted by molar-refractivity contribution is 0.424. The van der Waals surface area contributed by atoms with Gasteiger partial charge in [0, 0.05) is 21.0 Å². The van der Waals surface area contributed by atoms with Crippen LogP contribution in [0.1, 0.15) is 11.1 Å². The van der Waals surface area contributed by atoms with Crippen LogP contribution in [0.15, 0.2) is 18.2 Å². The minimum absolute atomic E-state index is 0.848. The molecule has 0 saturated heterocycles. The average Bonchev–Trinajstić information content (AvgIpc) is 2.56. The highest BCUT2D eigenvalue weighted by Crippen LogP contribution is 2.40. The molecule has 0 N–H and O–H groups in total. The maximum absolute atomic E-state index is 5.36. The molecule has 1 aromatic carbocycles. The van der Waals surface area contributed by atoms with Gasteiger partial charge in [-0.05, 0) is 18.6 Å². The minimum atomic E-state index is 0.848. The van der Waals surface area contributed by atoms with Crippen LogP contribution in [0.3, 0.4) is 0 Å². The smallest absolute Gasteiger partial charge is 0.178 e.